The Balaban J connectivity index is 1.92. The molecule has 10 heteroatoms. The van der Waals surface area contributed by atoms with Gasteiger partial charge in [-0.3, -0.25) is 4.57 Å². The molecule has 144 valence electrons. The molecule has 1 aliphatic rings. The average molecular weight is 384 g/mol. The lowest BCUT2D eigenvalue weighted by Gasteiger charge is -2.39. The number of ether oxygens (including phenoxy) is 1. The molecule has 2 aromatic rings. The predicted molar refractivity (Wildman–Crippen MR) is 97.7 cm³/mol. The third-order valence-corrected chi connectivity index (χ3v) is 9.82. The molecular weight excluding hydrogens is 357 g/mol. The van der Waals surface area contributed by atoms with Gasteiger partial charge < -0.3 is 20.0 Å². The van der Waals surface area contributed by atoms with E-state index in [9.17, 15) is 5.11 Å². The molecule has 3 heterocycles. The lowest BCUT2D eigenvalue weighted by molar-refractivity contribution is -0.0445. The van der Waals surface area contributed by atoms with Crippen molar-refractivity contribution in [3.8, 4) is 0 Å². The predicted octanol–water partition coefficient (Wildman–Crippen LogP) is 2.03. The molecule has 0 saturated carbocycles. The van der Waals surface area contributed by atoms with E-state index in [0.29, 0.717) is 11.2 Å². The largest absolute Gasteiger partial charge is 0.408 e. The van der Waals surface area contributed by atoms with Gasteiger partial charge in [-0.2, -0.15) is 0 Å². The number of rotatable bonds is 4. The van der Waals surface area contributed by atoms with Crippen molar-refractivity contribution >= 4 is 25.3 Å². The number of aromatic nitrogens is 4. The van der Waals surface area contributed by atoms with Crippen molar-refractivity contribution in [1.29, 1.82) is 0 Å². The van der Waals surface area contributed by atoms with Crippen molar-refractivity contribution in [3.63, 3.8) is 0 Å². The Hall–Kier alpha value is -1.62. The Labute approximate surface area is 152 Å². The van der Waals surface area contributed by atoms with Gasteiger partial charge in [-0.1, -0.05) is 20.8 Å². The maximum Gasteiger partial charge on any atom is 0.192 e. The second-order valence-electron chi connectivity index (χ2n) is 8.12. The van der Waals surface area contributed by atoms with E-state index in [0.717, 1.165) is 0 Å². The number of nitrogens with zero attached hydrogens (tertiary/aromatic N) is 4. The van der Waals surface area contributed by atoms with Crippen molar-refractivity contribution in [1.82, 2.24) is 19.5 Å². The lowest BCUT2D eigenvalue weighted by Crippen LogP contribution is -2.49. The first-order valence-electron chi connectivity index (χ1n) is 8.58. The summed E-state index contributed by atoms with van der Waals surface area (Å²) >= 11 is 0. The zero-order valence-electron chi connectivity index (χ0n) is 15.7. The fourth-order valence-electron chi connectivity index (χ4n) is 2.78. The van der Waals surface area contributed by atoms with Crippen molar-refractivity contribution in [2.45, 2.75) is 63.5 Å². The van der Waals surface area contributed by atoms with E-state index in [4.69, 9.17) is 14.9 Å². The first-order chi connectivity index (χ1) is 12.1. The first-order valence-corrected chi connectivity index (χ1v) is 11.5. The van der Waals surface area contributed by atoms with Gasteiger partial charge in [0.1, 0.15) is 24.1 Å². The van der Waals surface area contributed by atoms with Gasteiger partial charge in [0.05, 0.1) is 12.9 Å². The van der Waals surface area contributed by atoms with E-state index in [-0.39, 0.29) is 17.5 Å². The standard InChI is InChI=1S/C16H26FN5O3Si/c1-16(2,3)26(4,5)25-12-9(6-23)24-15(10(12)17)22-8-21-11-13(18)19-7-20-14(11)22/h7-10,12,15,23H,6H2,1-5H3,(H2,18,19,20)/t9-,10-,12+,15-/m1/s1. The molecule has 0 radical (unpaired) electrons. The Morgan fingerprint density at radius 1 is 1.35 bits per heavy atom. The number of hydrogen-bond acceptors (Lipinski definition) is 7. The number of hydrogen-bond donors (Lipinski definition) is 2. The smallest absolute Gasteiger partial charge is 0.192 e. The van der Waals surface area contributed by atoms with Crippen molar-refractivity contribution in [2.24, 2.45) is 0 Å². The molecule has 3 N–H and O–H groups in total. The molecular formula is C16H26FN5O3Si. The average Bonchev–Trinajstić information content (AvgIpc) is 3.09. The Kier molecular flexibility index (Phi) is 4.80. The van der Waals surface area contributed by atoms with Gasteiger partial charge in [0, 0.05) is 0 Å². The molecule has 1 saturated heterocycles. The number of nitrogen functional groups attached to an aromatic ring is 1. The molecule has 3 rings (SSSR count). The van der Waals surface area contributed by atoms with Gasteiger partial charge in [0.2, 0.25) is 0 Å². The SMILES string of the molecule is CC(C)(C)[Si](C)(C)O[C@@H]1[C@@H](F)[C@H](n2cnc3c(N)ncnc32)O[C@@H]1CO. The van der Waals surface area contributed by atoms with Crippen LogP contribution in [0.2, 0.25) is 18.1 Å². The molecule has 0 unspecified atom stereocenters. The molecule has 4 atom stereocenters. The van der Waals surface area contributed by atoms with Gasteiger partial charge in [-0.15, -0.1) is 0 Å². The maximum atomic E-state index is 15.3. The van der Waals surface area contributed by atoms with Crippen LogP contribution in [-0.4, -0.2) is 57.9 Å². The van der Waals surface area contributed by atoms with Gasteiger partial charge in [0.25, 0.3) is 0 Å². The zero-order chi connectivity index (χ0) is 19.3. The van der Waals surface area contributed by atoms with Gasteiger partial charge in [0.15, 0.2) is 32.2 Å². The second-order valence-corrected chi connectivity index (χ2v) is 12.9. The summed E-state index contributed by atoms with van der Waals surface area (Å²) in [6.45, 7) is 9.99. The van der Waals surface area contributed by atoms with E-state index in [1.165, 1.54) is 17.2 Å². The van der Waals surface area contributed by atoms with Crippen LogP contribution in [0, 0.1) is 0 Å². The molecule has 26 heavy (non-hydrogen) atoms. The Morgan fingerprint density at radius 2 is 2.04 bits per heavy atom. The molecule has 0 amide bonds. The minimum atomic E-state index is -2.25. The van der Waals surface area contributed by atoms with E-state index in [2.05, 4.69) is 35.7 Å². The summed E-state index contributed by atoms with van der Waals surface area (Å²) in [5.74, 6) is 0.218. The molecule has 1 aliphatic heterocycles. The number of anilines is 1. The Morgan fingerprint density at radius 3 is 2.65 bits per heavy atom. The topological polar surface area (TPSA) is 108 Å². The van der Waals surface area contributed by atoms with E-state index in [1.807, 2.05) is 13.1 Å². The maximum absolute atomic E-state index is 15.3. The highest BCUT2D eigenvalue weighted by molar-refractivity contribution is 6.74. The van der Waals surface area contributed by atoms with Crippen LogP contribution in [0.15, 0.2) is 12.7 Å². The summed E-state index contributed by atoms with van der Waals surface area (Å²) in [4.78, 5) is 12.2. The number of aliphatic hydroxyl groups excluding tert-OH is 1. The van der Waals surface area contributed by atoms with Crippen LogP contribution in [0.1, 0.15) is 27.0 Å². The van der Waals surface area contributed by atoms with Crippen LogP contribution in [0.25, 0.3) is 11.2 Å². The number of imidazole rings is 1. The molecule has 8 nitrogen and oxygen atoms in total. The molecule has 0 aliphatic carbocycles. The van der Waals surface area contributed by atoms with Crippen LogP contribution in [0.3, 0.4) is 0 Å². The van der Waals surface area contributed by atoms with Gasteiger partial charge in [-0.25, -0.2) is 19.3 Å². The summed E-state index contributed by atoms with van der Waals surface area (Å²) in [7, 11) is -2.25. The van der Waals surface area contributed by atoms with Crippen LogP contribution in [0.5, 0.6) is 0 Å². The van der Waals surface area contributed by atoms with Crippen molar-refractivity contribution < 1.29 is 18.7 Å². The van der Waals surface area contributed by atoms with Crippen molar-refractivity contribution in [3.05, 3.63) is 12.7 Å². The van der Waals surface area contributed by atoms with Crippen LogP contribution >= 0.6 is 0 Å². The second kappa shape index (κ2) is 6.52. The fraction of sp³-hybridized carbons (Fsp3) is 0.688. The number of nitrogens with two attached hydrogens (primary N) is 1. The molecule has 1 fully saturated rings. The summed E-state index contributed by atoms with van der Waals surface area (Å²) < 4.78 is 28.8. The number of aliphatic hydroxyl groups is 1. The van der Waals surface area contributed by atoms with Gasteiger partial charge >= 0.3 is 0 Å². The highest BCUT2D eigenvalue weighted by Crippen LogP contribution is 2.42. The van der Waals surface area contributed by atoms with E-state index in [1.54, 1.807) is 0 Å². The Bertz CT molecular complexity index is 794. The molecule has 2 aromatic heterocycles. The third kappa shape index (κ3) is 3.11. The molecule has 0 spiro atoms. The highest BCUT2D eigenvalue weighted by atomic mass is 28.4. The minimum Gasteiger partial charge on any atom is -0.408 e. The summed E-state index contributed by atoms with van der Waals surface area (Å²) in [5.41, 5.74) is 6.56. The van der Waals surface area contributed by atoms with Crippen LogP contribution in [0.4, 0.5) is 10.2 Å². The molecule has 0 aromatic carbocycles. The number of fused-ring (bicyclic) bond motifs is 1. The summed E-state index contributed by atoms with van der Waals surface area (Å²) in [6.07, 6.45) is -1.37. The monoisotopic (exact) mass is 383 g/mol. The summed E-state index contributed by atoms with van der Waals surface area (Å²) in [6, 6.07) is 0. The third-order valence-electron chi connectivity index (χ3n) is 5.34. The fourth-order valence-corrected chi connectivity index (χ4v) is 4.09. The number of halogens is 1. The lowest BCUT2D eigenvalue weighted by atomic mass is 10.1. The van der Waals surface area contributed by atoms with Gasteiger partial charge in [-0.05, 0) is 18.1 Å². The number of alkyl halides is 1. The minimum absolute atomic E-state index is 0.0891. The summed E-state index contributed by atoms with van der Waals surface area (Å²) in [5, 5.41) is 9.61. The zero-order valence-corrected chi connectivity index (χ0v) is 16.7. The van der Waals surface area contributed by atoms with E-state index >= 15 is 4.39 Å². The first kappa shape index (κ1) is 19.1. The van der Waals surface area contributed by atoms with E-state index < -0.39 is 32.9 Å². The van der Waals surface area contributed by atoms with Crippen LogP contribution in [-0.2, 0) is 9.16 Å². The van der Waals surface area contributed by atoms with Crippen molar-refractivity contribution in [2.75, 3.05) is 12.3 Å². The highest BCUT2D eigenvalue weighted by Gasteiger charge is 2.51. The normalized spacial score (nSPS) is 27.3. The molecule has 0 bridgehead atoms. The van der Waals surface area contributed by atoms with Crippen LogP contribution < -0.4 is 5.73 Å². The quantitative estimate of drug-likeness (QED) is 0.778.